The number of aliphatic hydroxyl groups excluding tert-OH is 2. The second-order valence-corrected chi connectivity index (χ2v) is 20.7. The summed E-state index contributed by atoms with van der Waals surface area (Å²) in [6, 6.07) is 11.2. The number of carbonyl (C=O) groups excluding carboxylic acids is 5. The first-order chi connectivity index (χ1) is 35.7. The van der Waals surface area contributed by atoms with Gasteiger partial charge >= 0.3 is 23.9 Å². The maximum absolute atomic E-state index is 14.2. The molecule has 2 aromatic rings. The molecule has 5 rings (SSSR count). The van der Waals surface area contributed by atoms with E-state index in [0.717, 1.165) is 23.0 Å². The molecule has 0 spiro atoms. The molecule has 3 fully saturated rings. The van der Waals surface area contributed by atoms with E-state index in [1.807, 2.05) is 67.4 Å². The number of hydrogen-bond acceptors (Lipinski definition) is 19. The van der Waals surface area contributed by atoms with Crippen LogP contribution in [0.2, 0.25) is 0 Å². The average Bonchev–Trinajstić information content (AvgIpc) is 3.35. The summed E-state index contributed by atoms with van der Waals surface area (Å²) in [6.07, 6.45) is -2.88. The molecular weight excluding hydrogens is 971 g/mol. The summed E-state index contributed by atoms with van der Waals surface area (Å²) in [5.41, 5.74) is 1.73. The topological polar surface area (TPSA) is 228 Å². The van der Waals surface area contributed by atoms with Crippen LogP contribution in [0.4, 0.5) is 0 Å². The molecule has 19 heteroatoms. The minimum atomic E-state index is -1.44. The number of methoxy groups -OCH3 is 1. The fourth-order valence-electron chi connectivity index (χ4n) is 10.5. The second-order valence-electron chi connectivity index (χ2n) is 20.7. The van der Waals surface area contributed by atoms with Crippen LogP contribution in [0, 0.1) is 11.8 Å². The van der Waals surface area contributed by atoms with E-state index in [0.29, 0.717) is 32.4 Å². The van der Waals surface area contributed by atoms with Gasteiger partial charge in [0, 0.05) is 65.1 Å². The van der Waals surface area contributed by atoms with E-state index in [2.05, 4.69) is 4.98 Å². The van der Waals surface area contributed by atoms with Gasteiger partial charge in [-0.2, -0.15) is 0 Å². The summed E-state index contributed by atoms with van der Waals surface area (Å²) in [6.45, 7) is 12.4. The lowest BCUT2D eigenvalue weighted by molar-refractivity contribution is -0.344. The number of benzene rings is 1. The number of likely N-dealkylation sites (N-methyl/N-ethyl adjacent to an activating group) is 2. The molecule has 2 N–H and O–H groups in total. The minimum Gasteiger partial charge on any atom is -0.462 e. The summed E-state index contributed by atoms with van der Waals surface area (Å²) < 4.78 is 56.2. The van der Waals surface area contributed by atoms with Crippen LogP contribution in [0.3, 0.4) is 0 Å². The third-order valence-electron chi connectivity index (χ3n) is 14.5. The van der Waals surface area contributed by atoms with Crippen molar-refractivity contribution in [1.29, 1.82) is 0 Å². The molecule has 3 aliphatic rings. The predicted molar refractivity (Wildman–Crippen MR) is 276 cm³/mol. The molecule has 19 nitrogen and oxygen atoms in total. The predicted octanol–water partition coefficient (Wildman–Crippen LogP) is 5.69. The lowest BCUT2D eigenvalue weighted by Crippen LogP contribution is -2.66. The summed E-state index contributed by atoms with van der Waals surface area (Å²) in [5, 5.41) is 24.1. The Labute approximate surface area is 442 Å². The molecule has 0 bridgehead atoms. The summed E-state index contributed by atoms with van der Waals surface area (Å²) >= 11 is 0. The van der Waals surface area contributed by atoms with Gasteiger partial charge in [-0.1, -0.05) is 57.2 Å². The number of β-amino-alcohol motifs (C(OH)–C–C–N with tert-alkyl or cyclic N) is 1. The van der Waals surface area contributed by atoms with Crippen molar-refractivity contribution < 1.29 is 76.8 Å². The molecule has 4 heterocycles. The largest absolute Gasteiger partial charge is 0.462 e. The zero-order valence-electron chi connectivity index (χ0n) is 45.7. The molecule has 0 amide bonds. The maximum atomic E-state index is 14.2. The lowest BCUT2D eigenvalue weighted by Gasteiger charge is -2.50. The van der Waals surface area contributed by atoms with E-state index >= 15 is 0 Å². The van der Waals surface area contributed by atoms with Crippen molar-refractivity contribution in [2.24, 2.45) is 11.8 Å². The Morgan fingerprint density at radius 2 is 1.57 bits per heavy atom. The molecule has 1 aromatic carbocycles. The number of aromatic nitrogens is 1. The number of aldehydes is 1. The highest BCUT2D eigenvalue weighted by Crippen LogP contribution is 2.39. The van der Waals surface area contributed by atoms with E-state index < -0.39 is 127 Å². The fourth-order valence-corrected chi connectivity index (χ4v) is 10.5. The Hall–Kier alpha value is -4.70. The Kier molecular flexibility index (Phi) is 23.8. The molecule has 0 radical (unpaired) electrons. The third kappa shape index (κ3) is 17.4. The van der Waals surface area contributed by atoms with E-state index in [9.17, 15) is 34.2 Å². The number of carbonyl (C=O) groups is 5. The summed E-state index contributed by atoms with van der Waals surface area (Å²) in [5.74, 6) is -3.46. The number of rotatable bonds is 17. The van der Waals surface area contributed by atoms with Gasteiger partial charge in [0.2, 0.25) is 0 Å². The summed E-state index contributed by atoms with van der Waals surface area (Å²) in [7, 11) is 6.81. The van der Waals surface area contributed by atoms with Gasteiger partial charge in [0.1, 0.15) is 36.8 Å². The monoisotopic (exact) mass is 1050 g/mol. The maximum Gasteiger partial charge on any atom is 0.309 e. The number of pyridine rings is 1. The van der Waals surface area contributed by atoms with Crippen molar-refractivity contribution >= 4 is 36.2 Å². The molecule has 0 aliphatic carbocycles. The van der Waals surface area contributed by atoms with Crippen LogP contribution in [0.1, 0.15) is 112 Å². The highest BCUT2D eigenvalue weighted by Gasteiger charge is 2.54. The van der Waals surface area contributed by atoms with Crippen molar-refractivity contribution in [2.45, 2.75) is 192 Å². The molecular formula is C56H83N3O16. The molecule has 1 aromatic heterocycles. The van der Waals surface area contributed by atoms with Crippen LogP contribution < -0.4 is 0 Å². The van der Waals surface area contributed by atoms with E-state index in [1.165, 1.54) is 14.0 Å². The van der Waals surface area contributed by atoms with Crippen molar-refractivity contribution in [1.82, 2.24) is 14.8 Å². The van der Waals surface area contributed by atoms with Gasteiger partial charge in [0.15, 0.2) is 24.3 Å². The van der Waals surface area contributed by atoms with Crippen LogP contribution in [-0.4, -0.2) is 182 Å². The smallest absolute Gasteiger partial charge is 0.309 e. The van der Waals surface area contributed by atoms with Gasteiger partial charge in [-0.25, -0.2) is 0 Å². The average molecular weight is 1050 g/mol. The molecule has 0 saturated carbocycles. The van der Waals surface area contributed by atoms with Crippen LogP contribution in [0.5, 0.6) is 0 Å². The van der Waals surface area contributed by atoms with Gasteiger partial charge in [0.05, 0.1) is 36.9 Å². The van der Waals surface area contributed by atoms with Gasteiger partial charge < -0.3 is 67.4 Å². The number of esters is 4. The first-order valence-electron chi connectivity index (χ1n) is 26.4. The molecule has 3 aliphatic heterocycles. The molecule has 3 saturated heterocycles. The van der Waals surface area contributed by atoms with E-state index in [-0.39, 0.29) is 32.1 Å². The Morgan fingerprint density at radius 3 is 2.20 bits per heavy atom. The Morgan fingerprint density at radius 1 is 0.907 bits per heavy atom. The zero-order chi connectivity index (χ0) is 55.0. The number of hydrogen-bond donors (Lipinski definition) is 2. The van der Waals surface area contributed by atoms with Crippen LogP contribution in [0.15, 0.2) is 54.9 Å². The van der Waals surface area contributed by atoms with Gasteiger partial charge in [0.25, 0.3) is 0 Å². The van der Waals surface area contributed by atoms with E-state index in [4.69, 9.17) is 42.6 Å². The van der Waals surface area contributed by atoms with Gasteiger partial charge in [-0.05, 0) is 108 Å². The number of ether oxygens (including phenoxy) is 9. The molecule has 75 heavy (non-hydrogen) atoms. The first-order valence-corrected chi connectivity index (χ1v) is 26.4. The van der Waals surface area contributed by atoms with Crippen LogP contribution in [0.25, 0.3) is 17.2 Å². The number of nitrogens with zero attached hydrogens (tertiary/aromatic N) is 3. The standard InChI is InChI=1S/C56H83N3O16/c1-12-45(63)71-44-31-47(65)70-42(17-14-16-38-19-21-39(22-20-38)40-23-26-57-27-24-40)18-15-28-59(10)33-43(62)34(3)30-41(25-29-60)52(53(44)67-11)74-55-50(66)49(58(8)9)51(35(4)69-55)73-48-32-56(7,75-37(6)61)54(36(5)68-48)72-46(64)13-2/h14,16,19-24,26-27,29,34-36,41-44,48-55,62,66H,12-13,15,17-18,25,28,30-33H2,1-11H3/b16-14+/t34-,35?,36?,41+,42+,43+,44-,48+,49?,50?,51+,52+,53+,54+,55+,56?/m1/s1. The number of cyclic esters (lactones) is 1. The second kappa shape index (κ2) is 29.2. The van der Waals surface area contributed by atoms with E-state index in [1.54, 1.807) is 66.0 Å². The molecule has 16 atom stereocenters. The Balaban J connectivity index is 1.44. The SMILES string of the molecule is CCC(=O)O[C@@H]1CC(=O)O[C@@H](C/C=C/c2ccc(-c3ccncc3)cc2)CCCN(C)C[C@H](O)[C@H](C)C[C@H](CC=O)[C@H](O[C@@H]2OC(C)[C@H](O[C@H]3CC(C)(OC(C)=O)[C@@H](OC(=O)CC)C(C)O3)C(N(C)C)C2O)[C@H]1OC. The highest BCUT2D eigenvalue weighted by atomic mass is 16.7. The summed E-state index contributed by atoms with van der Waals surface area (Å²) in [4.78, 5) is 72.9. The minimum absolute atomic E-state index is 0.0248. The van der Waals surface area contributed by atoms with Crippen molar-refractivity contribution in [3.8, 4) is 11.1 Å². The third-order valence-corrected chi connectivity index (χ3v) is 14.5. The normalized spacial score (nSPS) is 33.8. The highest BCUT2D eigenvalue weighted by molar-refractivity contribution is 5.73. The van der Waals surface area contributed by atoms with Gasteiger partial charge in [-0.3, -0.25) is 24.2 Å². The zero-order valence-corrected chi connectivity index (χ0v) is 45.7. The van der Waals surface area contributed by atoms with Crippen LogP contribution >= 0.6 is 0 Å². The molecule has 418 valence electrons. The first kappa shape index (κ1) is 61.2. The fraction of sp³-hybridized carbons (Fsp3) is 0.679. The quantitative estimate of drug-likeness (QED) is 0.110. The van der Waals surface area contributed by atoms with Crippen LogP contribution in [-0.2, 0) is 66.6 Å². The molecule has 5 unspecified atom stereocenters. The van der Waals surface area contributed by atoms with Crippen molar-refractivity contribution in [3.63, 3.8) is 0 Å². The Bertz CT molecular complexity index is 2150. The van der Waals surface area contributed by atoms with Gasteiger partial charge in [-0.15, -0.1) is 0 Å². The number of aliphatic hydroxyl groups is 2. The van der Waals surface area contributed by atoms with Crippen molar-refractivity contribution in [3.05, 3.63) is 60.4 Å². The lowest BCUT2D eigenvalue weighted by atomic mass is 9.82. The van der Waals surface area contributed by atoms with Crippen molar-refractivity contribution in [2.75, 3.05) is 41.3 Å².